The van der Waals surface area contributed by atoms with Gasteiger partial charge in [-0.25, -0.2) is 0 Å². The monoisotopic (exact) mass is 212 g/mol. The van der Waals surface area contributed by atoms with Gasteiger partial charge in [-0.2, -0.15) is 4.98 Å². The van der Waals surface area contributed by atoms with Crippen molar-refractivity contribution in [1.82, 2.24) is 10.1 Å². The second kappa shape index (κ2) is 4.72. The Morgan fingerprint density at radius 1 is 1.47 bits per heavy atom. The van der Waals surface area contributed by atoms with Crippen LogP contribution in [0.25, 0.3) is 0 Å². The Morgan fingerprint density at radius 3 is 2.80 bits per heavy atom. The van der Waals surface area contributed by atoms with E-state index in [0.29, 0.717) is 17.6 Å². The number of ether oxygens (including phenoxy) is 1. The van der Waals surface area contributed by atoms with Gasteiger partial charge in [0, 0.05) is 19.6 Å². The van der Waals surface area contributed by atoms with E-state index < -0.39 is 6.10 Å². The third kappa shape index (κ3) is 2.76. The lowest BCUT2D eigenvalue weighted by atomic mass is 9.97. The Balaban J connectivity index is 1.91. The summed E-state index contributed by atoms with van der Waals surface area (Å²) in [4.78, 5) is 4.14. The van der Waals surface area contributed by atoms with Crippen molar-refractivity contribution in [2.45, 2.75) is 32.3 Å². The van der Waals surface area contributed by atoms with E-state index in [2.05, 4.69) is 10.1 Å². The zero-order chi connectivity index (χ0) is 10.7. The Bertz CT molecular complexity index is 305. The lowest BCUT2D eigenvalue weighted by Gasteiger charge is -2.19. The molecule has 84 valence electrons. The molecule has 15 heavy (non-hydrogen) atoms. The van der Waals surface area contributed by atoms with E-state index in [-0.39, 0.29) is 0 Å². The van der Waals surface area contributed by atoms with Crippen molar-refractivity contribution < 1.29 is 14.4 Å². The predicted octanol–water partition coefficient (Wildman–Crippen LogP) is 1.09. The summed E-state index contributed by atoms with van der Waals surface area (Å²) in [5.74, 6) is 1.57. The van der Waals surface area contributed by atoms with Crippen molar-refractivity contribution in [3.8, 4) is 0 Å². The van der Waals surface area contributed by atoms with Gasteiger partial charge in [0.25, 0.3) is 0 Å². The van der Waals surface area contributed by atoms with Crippen LogP contribution in [0.2, 0.25) is 0 Å². The van der Waals surface area contributed by atoms with Crippen LogP contribution in [0.1, 0.15) is 37.6 Å². The van der Waals surface area contributed by atoms with Crippen LogP contribution in [0.15, 0.2) is 4.52 Å². The lowest BCUT2D eigenvalue weighted by molar-refractivity contribution is 0.0642. The van der Waals surface area contributed by atoms with E-state index in [4.69, 9.17) is 9.26 Å². The molecule has 1 atom stereocenters. The molecule has 1 N–H and O–H groups in total. The van der Waals surface area contributed by atoms with Crippen LogP contribution in [0, 0.1) is 5.92 Å². The van der Waals surface area contributed by atoms with Crippen molar-refractivity contribution in [3.05, 3.63) is 11.7 Å². The molecule has 1 saturated heterocycles. The van der Waals surface area contributed by atoms with E-state index in [1.165, 1.54) is 0 Å². The van der Waals surface area contributed by atoms with Crippen molar-refractivity contribution >= 4 is 0 Å². The summed E-state index contributed by atoms with van der Waals surface area (Å²) in [6.07, 6.45) is 2.24. The van der Waals surface area contributed by atoms with Gasteiger partial charge in [-0.1, -0.05) is 5.16 Å². The maximum absolute atomic E-state index is 9.24. The molecule has 2 heterocycles. The molecule has 1 fully saturated rings. The molecule has 0 aliphatic carbocycles. The summed E-state index contributed by atoms with van der Waals surface area (Å²) in [7, 11) is 0. The predicted molar refractivity (Wildman–Crippen MR) is 52.2 cm³/mol. The lowest BCUT2D eigenvalue weighted by Crippen LogP contribution is -2.17. The molecule has 0 spiro atoms. The van der Waals surface area contributed by atoms with Crippen LogP contribution < -0.4 is 0 Å². The van der Waals surface area contributed by atoms with Crippen LogP contribution in [0.5, 0.6) is 0 Å². The molecule has 1 aromatic heterocycles. The quantitative estimate of drug-likeness (QED) is 0.812. The van der Waals surface area contributed by atoms with Gasteiger partial charge >= 0.3 is 0 Å². The van der Waals surface area contributed by atoms with Gasteiger partial charge in [0.15, 0.2) is 5.82 Å². The van der Waals surface area contributed by atoms with E-state index >= 15 is 0 Å². The number of nitrogens with zero attached hydrogens (tertiary/aromatic N) is 2. The molecule has 0 aromatic carbocycles. The SMILES string of the molecule is CC(O)c1noc(CC2CCOCC2)n1. The molecule has 1 aliphatic heterocycles. The molecule has 1 aromatic rings. The van der Waals surface area contributed by atoms with Gasteiger partial charge in [-0.05, 0) is 25.7 Å². The molecule has 1 unspecified atom stereocenters. The van der Waals surface area contributed by atoms with Gasteiger partial charge < -0.3 is 14.4 Å². The third-order valence-electron chi connectivity index (χ3n) is 2.66. The first-order valence-corrected chi connectivity index (χ1v) is 5.34. The van der Waals surface area contributed by atoms with Gasteiger partial charge in [-0.3, -0.25) is 0 Å². The summed E-state index contributed by atoms with van der Waals surface area (Å²) in [5, 5.41) is 13.0. The highest BCUT2D eigenvalue weighted by atomic mass is 16.5. The average Bonchev–Trinajstić information content (AvgIpc) is 2.68. The van der Waals surface area contributed by atoms with Crippen LogP contribution in [0.4, 0.5) is 0 Å². The minimum Gasteiger partial charge on any atom is -0.385 e. The second-order valence-electron chi connectivity index (χ2n) is 3.98. The first-order chi connectivity index (χ1) is 7.25. The molecule has 5 heteroatoms. The first-order valence-electron chi connectivity index (χ1n) is 5.34. The minimum atomic E-state index is -0.655. The van der Waals surface area contributed by atoms with Crippen LogP contribution in [0.3, 0.4) is 0 Å². The van der Waals surface area contributed by atoms with Crippen molar-refractivity contribution in [2.24, 2.45) is 5.92 Å². The molecule has 0 radical (unpaired) electrons. The minimum absolute atomic E-state index is 0.372. The number of aliphatic hydroxyl groups is 1. The molecular formula is C10H16N2O3. The number of rotatable bonds is 3. The first kappa shape index (κ1) is 10.6. The van der Waals surface area contributed by atoms with Crippen LogP contribution >= 0.6 is 0 Å². The maximum Gasteiger partial charge on any atom is 0.227 e. The summed E-state index contributed by atoms with van der Waals surface area (Å²) in [6, 6.07) is 0. The topological polar surface area (TPSA) is 68.4 Å². The molecular weight excluding hydrogens is 196 g/mol. The zero-order valence-corrected chi connectivity index (χ0v) is 8.85. The molecule has 5 nitrogen and oxygen atoms in total. The van der Waals surface area contributed by atoms with Gasteiger partial charge in [0.1, 0.15) is 6.10 Å². The van der Waals surface area contributed by atoms with E-state index in [9.17, 15) is 5.11 Å². The van der Waals surface area contributed by atoms with Gasteiger partial charge in [0.05, 0.1) is 0 Å². The fraction of sp³-hybridized carbons (Fsp3) is 0.800. The Hall–Kier alpha value is -0.940. The summed E-state index contributed by atoms with van der Waals surface area (Å²) in [6.45, 7) is 3.27. The standard InChI is InChI=1S/C10H16N2O3/c1-7(13)10-11-9(15-12-10)6-8-2-4-14-5-3-8/h7-8,13H,2-6H2,1H3. The van der Waals surface area contributed by atoms with E-state index in [1.807, 2.05) is 0 Å². The number of hydrogen-bond acceptors (Lipinski definition) is 5. The third-order valence-corrected chi connectivity index (χ3v) is 2.66. The highest BCUT2D eigenvalue weighted by molar-refractivity contribution is 4.90. The molecule has 0 saturated carbocycles. The van der Waals surface area contributed by atoms with Crippen LogP contribution in [-0.4, -0.2) is 28.5 Å². The second-order valence-corrected chi connectivity index (χ2v) is 3.98. The van der Waals surface area contributed by atoms with Gasteiger partial charge in [-0.15, -0.1) is 0 Å². The van der Waals surface area contributed by atoms with E-state index in [0.717, 1.165) is 32.5 Å². The summed E-state index contributed by atoms with van der Waals surface area (Å²) < 4.78 is 10.3. The van der Waals surface area contributed by atoms with Crippen molar-refractivity contribution in [3.63, 3.8) is 0 Å². The normalized spacial score (nSPS) is 20.4. The smallest absolute Gasteiger partial charge is 0.227 e. The van der Waals surface area contributed by atoms with Crippen molar-refractivity contribution in [1.29, 1.82) is 0 Å². The zero-order valence-electron chi connectivity index (χ0n) is 8.85. The fourth-order valence-corrected chi connectivity index (χ4v) is 1.72. The maximum atomic E-state index is 9.24. The van der Waals surface area contributed by atoms with E-state index in [1.54, 1.807) is 6.92 Å². The van der Waals surface area contributed by atoms with Crippen molar-refractivity contribution in [2.75, 3.05) is 13.2 Å². The van der Waals surface area contributed by atoms with Gasteiger partial charge in [0.2, 0.25) is 5.89 Å². The highest BCUT2D eigenvalue weighted by Gasteiger charge is 2.18. The Kier molecular flexibility index (Phi) is 3.33. The number of hydrogen-bond donors (Lipinski definition) is 1. The molecule has 2 rings (SSSR count). The largest absolute Gasteiger partial charge is 0.385 e. The van der Waals surface area contributed by atoms with Crippen LogP contribution in [-0.2, 0) is 11.2 Å². The molecule has 0 amide bonds. The molecule has 0 bridgehead atoms. The Labute approximate surface area is 88.4 Å². The number of aromatic nitrogens is 2. The summed E-state index contributed by atoms with van der Waals surface area (Å²) in [5.41, 5.74) is 0. The highest BCUT2D eigenvalue weighted by Crippen LogP contribution is 2.19. The Morgan fingerprint density at radius 2 is 2.20 bits per heavy atom. The summed E-state index contributed by atoms with van der Waals surface area (Å²) >= 11 is 0. The number of aliphatic hydroxyl groups excluding tert-OH is 1. The average molecular weight is 212 g/mol. The fourth-order valence-electron chi connectivity index (χ4n) is 1.72. The molecule has 1 aliphatic rings.